The molecule has 1 N–H and O–H groups in total. The van der Waals surface area contributed by atoms with Crippen LogP contribution in [0.15, 0.2) is 49.3 Å². The van der Waals surface area contributed by atoms with Gasteiger partial charge in [-0.25, -0.2) is 9.97 Å². The Morgan fingerprint density at radius 3 is 2.89 bits per heavy atom. The van der Waals surface area contributed by atoms with Crippen LogP contribution in [0, 0.1) is 0 Å². The summed E-state index contributed by atoms with van der Waals surface area (Å²) in [7, 11) is 0. The number of nitrogens with one attached hydrogen (secondary N) is 1. The maximum atomic E-state index is 4.35. The van der Waals surface area contributed by atoms with Gasteiger partial charge in [0, 0.05) is 37.2 Å². The van der Waals surface area contributed by atoms with Crippen molar-refractivity contribution < 1.29 is 0 Å². The van der Waals surface area contributed by atoms with Crippen LogP contribution in [0.5, 0.6) is 0 Å². The van der Waals surface area contributed by atoms with Gasteiger partial charge in [-0.05, 0) is 18.6 Å². The van der Waals surface area contributed by atoms with Gasteiger partial charge in [0.1, 0.15) is 0 Å². The van der Waals surface area contributed by atoms with Crippen molar-refractivity contribution in [1.29, 1.82) is 0 Å². The maximum absolute atomic E-state index is 4.35. The fourth-order valence-electron chi connectivity index (χ4n) is 1.98. The molecule has 0 aliphatic heterocycles. The summed E-state index contributed by atoms with van der Waals surface area (Å²) in [4.78, 5) is 15.8. The van der Waals surface area contributed by atoms with Crippen molar-refractivity contribution in [3.8, 4) is 11.6 Å². The van der Waals surface area contributed by atoms with Crippen LogP contribution in [-0.2, 0) is 0 Å². The predicted octanol–water partition coefficient (Wildman–Crippen LogP) is 2.28. The van der Waals surface area contributed by atoms with E-state index in [0.717, 1.165) is 17.2 Å². The third kappa shape index (κ3) is 1.79. The molecule has 3 aromatic rings. The Morgan fingerprint density at radius 2 is 2.17 bits per heavy atom. The van der Waals surface area contributed by atoms with E-state index in [1.165, 1.54) is 0 Å². The standard InChI is InChI=1S/C13H13N5/c1-10(11-3-2-4-14-9-11)18-8-7-17-13(18)12-15-5-6-16-12/h2-10H,1H3,(H,15,16). The van der Waals surface area contributed by atoms with Gasteiger partial charge < -0.3 is 9.55 Å². The first-order valence-corrected chi connectivity index (χ1v) is 5.79. The number of imidazole rings is 2. The summed E-state index contributed by atoms with van der Waals surface area (Å²) in [5, 5.41) is 0. The van der Waals surface area contributed by atoms with Gasteiger partial charge in [0.05, 0.1) is 6.04 Å². The van der Waals surface area contributed by atoms with Crippen LogP contribution in [-0.4, -0.2) is 24.5 Å². The van der Waals surface area contributed by atoms with Gasteiger partial charge in [0.2, 0.25) is 0 Å². The van der Waals surface area contributed by atoms with Crippen LogP contribution >= 0.6 is 0 Å². The molecule has 3 heterocycles. The van der Waals surface area contributed by atoms with E-state index in [1.54, 1.807) is 24.8 Å². The predicted molar refractivity (Wildman–Crippen MR) is 67.9 cm³/mol. The van der Waals surface area contributed by atoms with E-state index in [-0.39, 0.29) is 6.04 Å². The van der Waals surface area contributed by atoms with Crippen LogP contribution in [0.25, 0.3) is 11.6 Å². The molecule has 0 aromatic carbocycles. The van der Waals surface area contributed by atoms with Gasteiger partial charge in [0.15, 0.2) is 11.6 Å². The highest BCUT2D eigenvalue weighted by Crippen LogP contribution is 2.22. The topological polar surface area (TPSA) is 59.4 Å². The third-order valence-electron chi connectivity index (χ3n) is 2.96. The first kappa shape index (κ1) is 10.7. The minimum absolute atomic E-state index is 0.168. The van der Waals surface area contributed by atoms with Gasteiger partial charge in [0.25, 0.3) is 0 Å². The van der Waals surface area contributed by atoms with Gasteiger partial charge in [-0.1, -0.05) is 6.07 Å². The van der Waals surface area contributed by atoms with Crippen molar-refractivity contribution in [2.45, 2.75) is 13.0 Å². The Hall–Kier alpha value is -2.43. The van der Waals surface area contributed by atoms with Gasteiger partial charge >= 0.3 is 0 Å². The molecule has 1 unspecified atom stereocenters. The molecule has 3 rings (SSSR count). The molecule has 90 valence electrons. The first-order chi connectivity index (χ1) is 8.86. The number of rotatable bonds is 3. The highest BCUT2D eigenvalue weighted by molar-refractivity contribution is 5.44. The average Bonchev–Trinajstić information content (AvgIpc) is 3.09. The second kappa shape index (κ2) is 4.44. The summed E-state index contributed by atoms with van der Waals surface area (Å²) in [6.07, 6.45) is 10.9. The lowest BCUT2D eigenvalue weighted by Gasteiger charge is -2.15. The van der Waals surface area contributed by atoms with Crippen LogP contribution in [0.1, 0.15) is 18.5 Å². The number of aromatic amines is 1. The second-order valence-corrected chi connectivity index (χ2v) is 4.06. The van der Waals surface area contributed by atoms with Crippen molar-refractivity contribution >= 4 is 0 Å². The molecule has 5 nitrogen and oxygen atoms in total. The maximum Gasteiger partial charge on any atom is 0.176 e. The van der Waals surface area contributed by atoms with Crippen molar-refractivity contribution in [3.05, 3.63) is 54.9 Å². The molecule has 5 heteroatoms. The molecular formula is C13H13N5. The van der Waals surface area contributed by atoms with Crippen molar-refractivity contribution in [3.63, 3.8) is 0 Å². The number of pyridine rings is 1. The molecule has 0 amide bonds. The zero-order valence-electron chi connectivity index (χ0n) is 9.99. The van der Waals surface area contributed by atoms with E-state index in [1.807, 2.05) is 18.5 Å². The summed E-state index contributed by atoms with van der Waals surface area (Å²) < 4.78 is 2.08. The van der Waals surface area contributed by atoms with E-state index in [9.17, 15) is 0 Å². The highest BCUT2D eigenvalue weighted by atomic mass is 15.1. The van der Waals surface area contributed by atoms with Crippen LogP contribution in [0.3, 0.4) is 0 Å². The van der Waals surface area contributed by atoms with E-state index in [4.69, 9.17) is 0 Å². The number of aromatic nitrogens is 5. The number of hydrogen-bond acceptors (Lipinski definition) is 3. The number of hydrogen-bond donors (Lipinski definition) is 1. The van der Waals surface area contributed by atoms with E-state index in [0.29, 0.717) is 0 Å². The van der Waals surface area contributed by atoms with Crippen molar-refractivity contribution in [1.82, 2.24) is 24.5 Å². The van der Waals surface area contributed by atoms with Crippen molar-refractivity contribution in [2.24, 2.45) is 0 Å². The molecule has 1 atom stereocenters. The van der Waals surface area contributed by atoms with E-state index in [2.05, 4.69) is 37.5 Å². The lowest BCUT2D eigenvalue weighted by Crippen LogP contribution is -2.08. The zero-order valence-corrected chi connectivity index (χ0v) is 9.99. The van der Waals surface area contributed by atoms with Crippen LogP contribution < -0.4 is 0 Å². The molecule has 0 fully saturated rings. The SMILES string of the molecule is CC(c1cccnc1)n1ccnc1-c1ncc[nH]1. The molecule has 18 heavy (non-hydrogen) atoms. The van der Waals surface area contributed by atoms with Gasteiger partial charge in [-0.15, -0.1) is 0 Å². The summed E-state index contributed by atoms with van der Waals surface area (Å²) in [6, 6.07) is 4.17. The van der Waals surface area contributed by atoms with Gasteiger partial charge in [-0.3, -0.25) is 4.98 Å². The summed E-state index contributed by atoms with van der Waals surface area (Å²) in [6.45, 7) is 2.12. The molecule has 0 aliphatic carbocycles. The lowest BCUT2D eigenvalue weighted by atomic mass is 10.1. The molecule has 0 bridgehead atoms. The van der Waals surface area contributed by atoms with E-state index < -0.39 is 0 Å². The monoisotopic (exact) mass is 239 g/mol. The Labute approximate surface area is 105 Å². The molecular weight excluding hydrogens is 226 g/mol. The van der Waals surface area contributed by atoms with Gasteiger partial charge in [-0.2, -0.15) is 0 Å². The summed E-state index contributed by atoms with van der Waals surface area (Å²) in [5.41, 5.74) is 1.14. The fourth-order valence-corrected chi connectivity index (χ4v) is 1.98. The summed E-state index contributed by atoms with van der Waals surface area (Å²) >= 11 is 0. The Balaban J connectivity index is 2.01. The molecule has 3 aromatic heterocycles. The third-order valence-corrected chi connectivity index (χ3v) is 2.96. The zero-order chi connectivity index (χ0) is 12.4. The molecule has 0 aliphatic rings. The van der Waals surface area contributed by atoms with Crippen LogP contribution in [0.4, 0.5) is 0 Å². The fraction of sp³-hybridized carbons (Fsp3) is 0.154. The summed E-state index contributed by atoms with van der Waals surface area (Å²) in [5.74, 6) is 1.60. The van der Waals surface area contributed by atoms with E-state index >= 15 is 0 Å². The number of H-pyrrole nitrogens is 1. The van der Waals surface area contributed by atoms with Crippen LogP contribution in [0.2, 0.25) is 0 Å². The Bertz CT molecular complexity index is 612. The number of nitrogens with zero attached hydrogens (tertiary/aromatic N) is 4. The normalized spacial score (nSPS) is 12.5. The minimum atomic E-state index is 0.168. The minimum Gasteiger partial charge on any atom is -0.342 e. The highest BCUT2D eigenvalue weighted by Gasteiger charge is 2.14. The molecule has 0 spiro atoms. The lowest BCUT2D eigenvalue weighted by molar-refractivity contribution is 0.641. The first-order valence-electron chi connectivity index (χ1n) is 5.79. The second-order valence-electron chi connectivity index (χ2n) is 4.06. The quantitative estimate of drug-likeness (QED) is 0.762. The smallest absolute Gasteiger partial charge is 0.176 e. The molecule has 0 saturated heterocycles. The Morgan fingerprint density at radius 1 is 1.22 bits per heavy atom. The molecule has 0 radical (unpaired) electrons. The largest absolute Gasteiger partial charge is 0.342 e. The van der Waals surface area contributed by atoms with Crippen molar-refractivity contribution in [2.75, 3.05) is 0 Å². The average molecular weight is 239 g/mol. The Kier molecular flexibility index (Phi) is 2.64. The molecule has 0 saturated carbocycles.